The lowest BCUT2D eigenvalue weighted by molar-refractivity contribution is -0.139. The number of esters is 2. The van der Waals surface area contributed by atoms with Gasteiger partial charge >= 0.3 is 11.9 Å². The van der Waals surface area contributed by atoms with Crippen LogP contribution in [0.4, 0.5) is 0 Å². The molecule has 4 nitrogen and oxygen atoms in total. The van der Waals surface area contributed by atoms with Gasteiger partial charge in [0.15, 0.2) is 0 Å². The Balaban J connectivity index is 2.51. The van der Waals surface area contributed by atoms with E-state index < -0.39 is 11.9 Å². The number of fused-ring (bicyclic) bond motifs is 2. The molecule has 0 saturated heterocycles. The molecule has 2 rings (SSSR count). The average Bonchev–Trinajstić information content (AvgIpc) is 2.90. The second-order valence-electron chi connectivity index (χ2n) is 3.94. The summed E-state index contributed by atoms with van der Waals surface area (Å²) >= 11 is 0. The Labute approximate surface area is 99.6 Å². The zero-order valence-corrected chi connectivity index (χ0v) is 10.0. The molecule has 0 aromatic rings. The Bertz CT molecular complexity index is 430. The molecule has 2 bridgehead atoms. The van der Waals surface area contributed by atoms with E-state index in [0.717, 1.165) is 5.57 Å². The third-order valence-corrected chi connectivity index (χ3v) is 3.27. The van der Waals surface area contributed by atoms with Crippen LogP contribution in [-0.4, -0.2) is 26.2 Å². The lowest BCUT2D eigenvalue weighted by atomic mass is 9.97. The van der Waals surface area contributed by atoms with Crippen LogP contribution in [0.2, 0.25) is 0 Å². The minimum absolute atomic E-state index is 0.133. The minimum Gasteiger partial charge on any atom is -0.466 e. The van der Waals surface area contributed by atoms with Crippen LogP contribution in [0.25, 0.3) is 0 Å². The molecule has 4 heteroatoms. The fraction of sp³-hybridized carbons (Fsp3) is 0.385. The Morgan fingerprint density at radius 3 is 1.76 bits per heavy atom. The molecule has 0 radical (unpaired) electrons. The van der Waals surface area contributed by atoms with Crippen molar-refractivity contribution in [3.05, 3.63) is 34.9 Å². The second-order valence-corrected chi connectivity index (χ2v) is 3.94. The molecule has 0 aliphatic heterocycles. The lowest BCUT2D eigenvalue weighted by Gasteiger charge is -2.11. The molecule has 0 aromatic heterocycles. The maximum Gasteiger partial charge on any atom is 0.335 e. The van der Waals surface area contributed by atoms with Crippen LogP contribution < -0.4 is 0 Å². The van der Waals surface area contributed by atoms with Crippen molar-refractivity contribution in [3.63, 3.8) is 0 Å². The molecule has 0 amide bonds. The van der Waals surface area contributed by atoms with Gasteiger partial charge in [-0.25, -0.2) is 9.59 Å². The molecule has 0 heterocycles. The van der Waals surface area contributed by atoms with E-state index >= 15 is 0 Å². The summed E-state index contributed by atoms with van der Waals surface area (Å²) in [7, 11) is 2.63. The van der Waals surface area contributed by atoms with Gasteiger partial charge in [0.2, 0.25) is 0 Å². The highest BCUT2D eigenvalue weighted by Crippen LogP contribution is 2.48. The third kappa shape index (κ3) is 1.52. The van der Waals surface area contributed by atoms with E-state index in [1.165, 1.54) is 14.2 Å². The van der Waals surface area contributed by atoms with Crippen LogP contribution in [0, 0.1) is 11.8 Å². The Kier molecular flexibility index (Phi) is 2.88. The Morgan fingerprint density at radius 1 is 1.06 bits per heavy atom. The highest BCUT2D eigenvalue weighted by Gasteiger charge is 2.45. The number of rotatable bonds is 2. The quantitative estimate of drug-likeness (QED) is 0.535. The molecule has 2 aliphatic carbocycles. The van der Waals surface area contributed by atoms with Crippen LogP contribution in [0.3, 0.4) is 0 Å². The van der Waals surface area contributed by atoms with Gasteiger partial charge in [-0.2, -0.15) is 0 Å². The number of carbonyl (C=O) groups is 2. The molecule has 0 aromatic carbocycles. The predicted molar refractivity (Wildman–Crippen MR) is 60.9 cm³/mol. The highest BCUT2D eigenvalue weighted by atomic mass is 16.5. The monoisotopic (exact) mass is 234 g/mol. The van der Waals surface area contributed by atoms with Gasteiger partial charge in [-0.05, 0) is 6.92 Å². The minimum atomic E-state index is -0.457. The Hall–Kier alpha value is -1.84. The van der Waals surface area contributed by atoms with Crippen molar-refractivity contribution in [1.82, 2.24) is 0 Å². The fourth-order valence-corrected chi connectivity index (χ4v) is 2.55. The number of allylic oxidation sites excluding steroid dienone is 4. The van der Waals surface area contributed by atoms with Gasteiger partial charge in [0.1, 0.15) is 0 Å². The third-order valence-electron chi connectivity index (χ3n) is 3.27. The first kappa shape index (κ1) is 11.6. The van der Waals surface area contributed by atoms with Crippen molar-refractivity contribution in [3.8, 4) is 0 Å². The summed E-state index contributed by atoms with van der Waals surface area (Å²) in [5.41, 5.74) is 1.88. The van der Waals surface area contributed by atoms with Crippen LogP contribution in [-0.2, 0) is 19.1 Å². The van der Waals surface area contributed by atoms with E-state index in [9.17, 15) is 9.59 Å². The van der Waals surface area contributed by atoms with Crippen LogP contribution >= 0.6 is 0 Å². The van der Waals surface area contributed by atoms with Crippen molar-refractivity contribution < 1.29 is 19.1 Å². The molecular formula is C13H14O4. The second kappa shape index (κ2) is 4.20. The summed E-state index contributed by atoms with van der Waals surface area (Å²) in [4.78, 5) is 23.5. The van der Waals surface area contributed by atoms with E-state index in [4.69, 9.17) is 9.47 Å². The van der Waals surface area contributed by atoms with Gasteiger partial charge in [0.05, 0.1) is 25.4 Å². The van der Waals surface area contributed by atoms with Crippen molar-refractivity contribution in [2.24, 2.45) is 11.8 Å². The maximum absolute atomic E-state index is 11.7. The zero-order valence-electron chi connectivity index (χ0n) is 10.0. The molecule has 90 valence electrons. The lowest BCUT2D eigenvalue weighted by Crippen LogP contribution is -2.17. The normalized spacial score (nSPS) is 25.2. The summed E-state index contributed by atoms with van der Waals surface area (Å²) in [6.45, 7) is 1.90. The summed E-state index contributed by atoms with van der Waals surface area (Å²) in [6.07, 6.45) is 5.80. The molecular weight excluding hydrogens is 220 g/mol. The molecule has 0 fully saturated rings. The van der Waals surface area contributed by atoms with E-state index in [1.54, 1.807) is 0 Å². The highest BCUT2D eigenvalue weighted by molar-refractivity contribution is 6.05. The van der Waals surface area contributed by atoms with Crippen molar-refractivity contribution in [2.45, 2.75) is 6.92 Å². The number of methoxy groups -OCH3 is 2. The number of hydrogen-bond donors (Lipinski definition) is 0. The SMILES string of the molecule is CC=C1C2C=CC1C(C(=O)OC)=C2C(=O)OC. The zero-order chi connectivity index (χ0) is 12.6. The summed E-state index contributed by atoms with van der Waals surface area (Å²) in [5.74, 6) is -1.18. The Morgan fingerprint density at radius 2 is 1.47 bits per heavy atom. The number of hydrogen-bond acceptors (Lipinski definition) is 4. The van der Waals surface area contributed by atoms with Gasteiger partial charge in [-0.3, -0.25) is 0 Å². The summed E-state index contributed by atoms with van der Waals surface area (Å²) < 4.78 is 9.48. The number of carbonyl (C=O) groups excluding carboxylic acids is 2. The van der Waals surface area contributed by atoms with E-state index in [0.29, 0.717) is 11.1 Å². The molecule has 0 saturated carbocycles. The van der Waals surface area contributed by atoms with Gasteiger partial charge in [-0.1, -0.05) is 23.8 Å². The molecule has 0 N–H and O–H groups in total. The van der Waals surface area contributed by atoms with Crippen LogP contribution in [0.5, 0.6) is 0 Å². The molecule has 2 unspecified atom stereocenters. The fourth-order valence-electron chi connectivity index (χ4n) is 2.55. The summed E-state index contributed by atoms with van der Waals surface area (Å²) in [5, 5.41) is 0. The summed E-state index contributed by atoms with van der Waals surface area (Å²) in [6, 6.07) is 0. The van der Waals surface area contributed by atoms with Gasteiger partial charge < -0.3 is 9.47 Å². The smallest absolute Gasteiger partial charge is 0.335 e. The first-order chi connectivity index (χ1) is 8.15. The predicted octanol–water partition coefficient (Wildman–Crippen LogP) is 1.39. The average molecular weight is 234 g/mol. The van der Waals surface area contributed by atoms with Crippen molar-refractivity contribution in [1.29, 1.82) is 0 Å². The van der Waals surface area contributed by atoms with Gasteiger partial charge in [0.25, 0.3) is 0 Å². The standard InChI is InChI=1S/C13H14O4/c1-4-7-8-5-6-9(7)11(13(15)17-3)10(8)12(14)16-2/h4-6,8-9H,1-3H3. The first-order valence-electron chi connectivity index (χ1n) is 5.40. The van der Waals surface area contributed by atoms with E-state index in [2.05, 4.69) is 0 Å². The van der Waals surface area contributed by atoms with Crippen LogP contribution in [0.1, 0.15) is 6.92 Å². The van der Waals surface area contributed by atoms with E-state index in [1.807, 2.05) is 25.2 Å². The van der Waals surface area contributed by atoms with Crippen molar-refractivity contribution in [2.75, 3.05) is 14.2 Å². The molecule has 17 heavy (non-hydrogen) atoms. The number of ether oxygens (including phenoxy) is 2. The molecule has 2 aliphatic rings. The van der Waals surface area contributed by atoms with Crippen LogP contribution in [0.15, 0.2) is 34.9 Å². The maximum atomic E-state index is 11.7. The molecule has 2 atom stereocenters. The van der Waals surface area contributed by atoms with E-state index in [-0.39, 0.29) is 11.8 Å². The largest absolute Gasteiger partial charge is 0.466 e. The topological polar surface area (TPSA) is 52.6 Å². The van der Waals surface area contributed by atoms with Gasteiger partial charge in [-0.15, -0.1) is 0 Å². The van der Waals surface area contributed by atoms with Crippen molar-refractivity contribution >= 4 is 11.9 Å². The molecule has 0 spiro atoms. The first-order valence-corrected chi connectivity index (χ1v) is 5.40. The van der Waals surface area contributed by atoms with Gasteiger partial charge in [0, 0.05) is 11.8 Å².